The molecular weight excluding hydrogens is 282 g/mol. The molecule has 3 rings (SSSR count). The molecule has 1 saturated heterocycles. The summed E-state index contributed by atoms with van der Waals surface area (Å²) in [6.07, 6.45) is 3.88. The van der Waals surface area contributed by atoms with E-state index >= 15 is 0 Å². The summed E-state index contributed by atoms with van der Waals surface area (Å²) in [7, 11) is 1.80. The summed E-state index contributed by atoms with van der Waals surface area (Å²) in [6, 6.07) is 0.528. The molecule has 0 radical (unpaired) electrons. The zero-order valence-corrected chi connectivity index (χ0v) is 14.2. The van der Waals surface area contributed by atoms with Gasteiger partial charge in [-0.15, -0.1) is 11.3 Å². The van der Waals surface area contributed by atoms with E-state index < -0.39 is 0 Å². The summed E-state index contributed by atoms with van der Waals surface area (Å²) in [5, 5.41) is 4.78. The summed E-state index contributed by atoms with van der Waals surface area (Å²) in [6.45, 7) is 8.48. The van der Waals surface area contributed by atoms with Gasteiger partial charge in [0.1, 0.15) is 0 Å². The molecule has 2 fully saturated rings. The van der Waals surface area contributed by atoms with Crippen molar-refractivity contribution in [3.05, 3.63) is 10.6 Å². The molecule has 2 heterocycles. The first-order chi connectivity index (χ1) is 10.2. The SMILES string of the molecule is COCC1CCN(c2nc(C3CC3)c(CNC(C)C)s2)C1. The molecule has 1 aliphatic carbocycles. The Morgan fingerprint density at radius 3 is 2.86 bits per heavy atom. The van der Waals surface area contributed by atoms with E-state index in [1.165, 1.54) is 35.0 Å². The zero-order valence-electron chi connectivity index (χ0n) is 13.4. The van der Waals surface area contributed by atoms with Gasteiger partial charge in [-0.3, -0.25) is 0 Å². The highest BCUT2D eigenvalue weighted by Gasteiger charge is 2.32. The molecule has 0 spiro atoms. The first-order valence-corrected chi connectivity index (χ1v) is 8.96. The molecule has 1 atom stereocenters. The van der Waals surface area contributed by atoms with E-state index in [1.54, 1.807) is 7.11 Å². The predicted molar refractivity (Wildman–Crippen MR) is 88.3 cm³/mol. The quantitative estimate of drug-likeness (QED) is 0.840. The van der Waals surface area contributed by atoms with Crippen molar-refractivity contribution in [2.75, 3.05) is 31.7 Å². The minimum absolute atomic E-state index is 0.528. The molecule has 1 aliphatic heterocycles. The van der Waals surface area contributed by atoms with Crippen molar-refractivity contribution in [1.29, 1.82) is 0 Å². The van der Waals surface area contributed by atoms with Gasteiger partial charge in [-0.1, -0.05) is 13.8 Å². The molecule has 0 bridgehead atoms. The fourth-order valence-corrected chi connectivity index (χ4v) is 4.09. The van der Waals surface area contributed by atoms with Gasteiger partial charge in [-0.2, -0.15) is 0 Å². The van der Waals surface area contributed by atoms with Crippen molar-refractivity contribution in [3.8, 4) is 0 Å². The number of anilines is 1. The number of hydrogen-bond acceptors (Lipinski definition) is 5. The molecule has 5 heteroatoms. The maximum atomic E-state index is 5.30. The summed E-state index contributed by atoms with van der Waals surface area (Å²) in [5.41, 5.74) is 1.37. The van der Waals surface area contributed by atoms with Gasteiger partial charge in [-0.25, -0.2) is 4.98 Å². The van der Waals surface area contributed by atoms with Crippen LogP contribution in [-0.4, -0.2) is 37.8 Å². The van der Waals surface area contributed by atoms with Crippen molar-refractivity contribution < 1.29 is 4.74 Å². The Kier molecular flexibility index (Phi) is 4.82. The van der Waals surface area contributed by atoms with Crippen molar-refractivity contribution in [3.63, 3.8) is 0 Å². The summed E-state index contributed by atoms with van der Waals surface area (Å²) in [4.78, 5) is 8.90. The first kappa shape index (κ1) is 15.3. The van der Waals surface area contributed by atoms with E-state index in [2.05, 4.69) is 24.1 Å². The lowest BCUT2D eigenvalue weighted by Crippen LogP contribution is -2.21. The Labute approximate surface area is 131 Å². The molecule has 1 aromatic rings. The molecule has 1 N–H and O–H groups in total. The monoisotopic (exact) mass is 309 g/mol. The predicted octanol–water partition coefficient (Wildman–Crippen LogP) is 2.99. The van der Waals surface area contributed by atoms with Crippen molar-refractivity contribution >= 4 is 16.5 Å². The number of ether oxygens (including phenoxy) is 1. The third-order valence-electron chi connectivity index (χ3n) is 4.31. The molecule has 1 aromatic heterocycles. The van der Waals surface area contributed by atoms with Crippen LogP contribution in [0, 0.1) is 5.92 Å². The minimum Gasteiger partial charge on any atom is -0.384 e. The maximum absolute atomic E-state index is 5.30. The number of nitrogens with one attached hydrogen (secondary N) is 1. The van der Waals surface area contributed by atoms with Crippen molar-refractivity contribution in [1.82, 2.24) is 10.3 Å². The fourth-order valence-electron chi connectivity index (χ4n) is 2.96. The van der Waals surface area contributed by atoms with Crippen molar-refractivity contribution in [2.24, 2.45) is 5.92 Å². The molecule has 1 saturated carbocycles. The number of methoxy groups -OCH3 is 1. The summed E-state index contributed by atoms with van der Waals surface area (Å²) in [5.74, 6) is 1.40. The molecular formula is C16H27N3OS. The second-order valence-corrected chi connectivity index (χ2v) is 7.73. The van der Waals surface area contributed by atoms with Gasteiger partial charge in [-0.05, 0) is 19.3 Å². The van der Waals surface area contributed by atoms with Gasteiger partial charge in [0, 0.05) is 49.5 Å². The Hall–Kier alpha value is -0.650. The van der Waals surface area contributed by atoms with Crippen LogP contribution in [0.25, 0.3) is 0 Å². The lowest BCUT2D eigenvalue weighted by Gasteiger charge is -2.14. The van der Waals surface area contributed by atoms with Gasteiger partial charge >= 0.3 is 0 Å². The lowest BCUT2D eigenvalue weighted by molar-refractivity contribution is 0.161. The number of rotatable bonds is 7. The Balaban J connectivity index is 1.69. The number of thiazole rings is 1. The van der Waals surface area contributed by atoms with Gasteiger partial charge in [0.15, 0.2) is 5.13 Å². The Morgan fingerprint density at radius 1 is 1.38 bits per heavy atom. The van der Waals surface area contributed by atoms with E-state index in [0.29, 0.717) is 12.0 Å². The Bertz CT molecular complexity index is 470. The summed E-state index contributed by atoms with van der Waals surface area (Å²) >= 11 is 1.90. The second-order valence-electron chi connectivity index (χ2n) is 6.67. The minimum atomic E-state index is 0.528. The third-order valence-corrected chi connectivity index (χ3v) is 5.44. The largest absolute Gasteiger partial charge is 0.384 e. The molecule has 1 unspecified atom stereocenters. The highest BCUT2D eigenvalue weighted by molar-refractivity contribution is 7.15. The van der Waals surface area contributed by atoms with Gasteiger partial charge in [0.25, 0.3) is 0 Å². The highest BCUT2D eigenvalue weighted by atomic mass is 32.1. The summed E-state index contributed by atoms with van der Waals surface area (Å²) < 4.78 is 5.30. The number of aromatic nitrogens is 1. The number of hydrogen-bond donors (Lipinski definition) is 1. The van der Waals surface area contributed by atoms with Crippen LogP contribution in [0.5, 0.6) is 0 Å². The van der Waals surface area contributed by atoms with Crippen LogP contribution >= 0.6 is 11.3 Å². The van der Waals surface area contributed by atoms with E-state index in [1.807, 2.05) is 11.3 Å². The van der Waals surface area contributed by atoms with Crippen molar-refractivity contribution in [2.45, 2.75) is 51.6 Å². The van der Waals surface area contributed by atoms with Gasteiger partial charge < -0.3 is 15.0 Å². The van der Waals surface area contributed by atoms with Crippen LogP contribution < -0.4 is 10.2 Å². The molecule has 0 aromatic carbocycles. The van der Waals surface area contributed by atoms with E-state index in [-0.39, 0.29) is 0 Å². The van der Waals surface area contributed by atoms with E-state index in [0.717, 1.165) is 32.2 Å². The molecule has 21 heavy (non-hydrogen) atoms. The topological polar surface area (TPSA) is 37.4 Å². The molecule has 2 aliphatic rings. The highest BCUT2D eigenvalue weighted by Crippen LogP contribution is 2.44. The maximum Gasteiger partial charge on any atom is 0.185 e. The molecule has 4 nitrogen and oxygen atoms in total. The Morgan fingerprint density at radius 2 is 2.19 bits per heavy atom. The van der Waals surface area contributed by atoms with Crippen LogP contribution in [0.2, 0.25) is 0 Å². The number of nitrogens with zero attached hydrogens (tertiary/aromatic N) is 2. The van der Waals surface area contributed by atoms with Crippen LogP contribution in [0.1, 0.15) is 49.6 Å². The lowest BCUT2D eigenvalue weighted by atomic mass is 10.1. The van der Waals surface area contributed by atoms with Crippen LogP contribution in [-0.2, 0) is 11.3 Å². The molecule has 0 amide bonds. The van der Waals surface area contributed by atoms with Gasteiger partial charge in [0.2, 0.25) is 0 Å². The van der Waals surface area contributed by atoms with Crippen LogP contribution in [0.4, 0.5) is 5.13 Å². The zero-order chi connectivity index (χ0) is 14.8. The fraction of sp³-hybridized carbons (Fsp3) is 0.812. The normalized spacial score (nSPS) is 22.5. The first-order valence-electron chi connectivity index (χ1n) is 8.14. The van der Waals surface area contributed by atoms with E-state index in [4.69, 9.17) is 9.72 Å². The third kappa shape index (κ3) is 3.76. The average Bonchev–Trinajstić information content (AvgIpc) is 3.03. The molecule has 118 valence electrons. The van der Waals surface area contributed by atoms with E-state index in [9.17, 15) is 0 Å². The average molecular weight is 309 g/mol. The second kappa shape index (κ2) is 6.63. The van der Waals surface area contributed by atoms with Crippen LogP contribution in [0.15, 0.2) is 0 Å². The standard InChI is InChI=1S/C16H27N3OS/c1-11(2)17-8-14-15(13-4-5-13)18-16(21-14)19-7-6-12(9-19)10-20-3/h11-13,17H,4-10H2,1-3H3. The smallest absolute Gasteiger partial charge is 0.185 e. The van der Waals surface area contributed by atoms with Crippen LogP contribution in [0.3, 0.4) is 0 Å². The van der Waals surface area contributed by atoms with Gasteiger partial charge in [0.05, 0.1) is 12.3 Å².